The van der Waals surface area contributed by atoms with Gasteiger partial charge in [0, 0.05) is 12.4 Å². The van der Waals surface area contributed by atoms with Crippen molar-refractivity contribution >= 4 is 11.8 Å². The maximum atomic E-state index is 11.2. The fraction of sp³-hybridized carbons (Fsp3) is 0.111. The molecule has 24 heavy (non-hydrogen) atoms. The highest BCUT2D eigenvalue weighted by Crippen LogP contribution is 2.17. The number of carbonyl (C=O) groups is 1. The van der Waals surface area contributed by atoms with Crippen LogP contribution in [-0.4, -0.2) is 26.0 Å². The standard InChI is InChI=1S/C18H16N4O2/c23-18(24)16-8-5-9-17(21-16)22(12-14-6-1-3-10-19-14)13-15-7-2-4-11-20-15/h1-11H,12-13H2,(H,23,24). The molecule has 3 heterocycles. The third-order valence-electron chi connectivity index (χ3n) is 3.44. The molecule has 0 amide bonds. The maximum absolute atomic E-state index is 11.2. The average molecular weight is 320 g/mol. The van der Waals surface area contributed by atoms with E-state index < -0.39 is 5.97 Å². The van der Waals surface area contributed by atoms with Crippen molar-refractivity contribution in [2.75, 3.05) is 4.90 Å². The zero-order valence-corrected chi connectivity index (χ0v) is 12.9. The van der Waals surface area contributed by atoms with Crippen LogP contribution in [0, 0.1) is 0 Å². The van der Waals surface area contributed by atoms with Gasteiger partial charge in [0.2, 0.25) is 0 Å². The van der Waals surface area contributed by atoms with Gasteiger partial charge in [-0.1, -0.05) is 18.2 Å². The van der Waals surface area contributed by atoms with E-state index >= 15 is 0 Å². The Morgan fingerprint density at radius 1 is 0.875 bits per heavy atom. The minimum atomic E-state index is -1.05. The van der Waals surface area contributed by atoms with Crippen molar-refractivity contribution in [3.05, 3.63) is 84.1 Å². The van der Waals surface area contributed by atoms with Crippen LogP contribution in [0.3, 0.4) is 0 Å². The van der Waals surface area contributed by atoms with Crippen molar-refractivity contribution in [1.29, 1.82) is 0 Å². The Morgan fingerprint density at radius 2 is 1.50 bits per heavy atom. The second-order valence-corrected chi connectivity index (χ2v) is 5.18. The SMILES string of the molecule is O=C(O)c1cccc(N(Cc2ccccn2)Cc2ccccn2)n1. The van der Waals surface area contributed by atoms with Gasteiger partial charge in [-0.2, -0.15) is 0 Å². The number of rotatable bonds is 6. The lowest BCUT2D eigenvalue weighted by atomic mass is 10.2. The first-order valence-corrected chi connectivity index (χ1v) is 7.47. The number of anilines is 1. The summed E-state index contributed by atoms with van der Waals surface area (Å²) in [6.07, 6.45) is 3.46. The fourth-order valence-electron chi connectivity index (χ4n) is 2.31. The normalized spacial score (nSPS) is 10.3. The molecule has 0 saturated carbocycles. The topological polar surface area (TPSA) is 79.2 Å². The minimum Gasteiger partial charge on any atom is -0.477 e. The van der Waals surface area contributed by atoms with Crippen LogP contribution in [0.15, 0.2) is 67.0 Å². The number of aromatic nitrogens is 3. The average Bonchev–Trinajstić information content (AvgIpc) is 2.63. The number of carboxylic acid groups (broad SMARTS) is 1. The molecule has 120 valence electrons. The molecule has 3 rings (SSSR count). The predicted molar refractivity (Wildman–Crippen MR) is 89.6 cm³/mol. The molecular formula is C18H16N4O2. The third kappa shape index (κ3) is 3.92. The summed E-state index contributed by atoms with van der Waals surface area (Å²) >= 11 is 0. The van der Waals surface area contributed by atoms with Crippen LogP contribution in [0.2, 0.25) is 0 Å². The molecule has 0 aliphatic carbocycles. The molecule has 0 aliphatic rings. The molecule has 6 nitrogen and oxygen atoms in total. The first kappa shape index (κ1) is 15.6. The van der Waals surface area contributed by atoms with E-state index in [1.165, 1.54) is 6.07 Å². The monoisotopic (exact) mass is 320 g/mol. The minimum absolute atomic E-state index is 0.0135. The summed E-state index contributed by atoms with van der Waals surface area (Å²) in [6, 6.07) is 16.4. The molecule has 0 spiro atoms. The summed E-state index contributed by atoms with van der Waals surface area (Å²) in [6.45, 7) is 1.01. The van der Waals surface area contributed by atoms with Crippen molar-refractivity contribution in [3.63, 3.8) is 0 Å². The summed E-state index contributed by atoms with van der Waals surface area (Å²) in [7, 11) is 0. The quantitative estimate of drug-likeness (QED) is 0.752. The number of nitrogens with zero attached hydrogens (tertiary/aromatic N) is 4. The number of aromatic carboxylic acids is 1. The van der Waals surface area contributed by atoms with Crippen LogP contribution >= 0.6 is 0 Å². The van der Waals surface area contributed by atoms with E-state index in [0.717, 1.165) is 11.4 Å². The Balaban J connectivity index is 1.92. The van der Waals surface area contributed by atoms with Gasteiger partial charge >= 0.3 is 5.97 Å². The van der Waals surface area contributed by atoms with Gasteiger partial charge in [0.25, 0.3) is 0 Å². The molecule has 0 unspecified atom stereocenters. The van der Waals surface area contributed by atoms with E-state index in [-0.39, 0.29) is 5.69 Å². The lowest BCUT2D eigenvalue weighted by Crippen LogP contribution is -2.24. The van der Waals surface area contributed by atoms with Crippen LogP contribution < -0.4 is 4.90 Å². The Kier molecular flexibility index (Phi) is 4.76. The second kappa shape index (κ2) is 7.32. The van der Waals surface area contributed by atoms with E-state index in [1.807, 2.05) is 41.3 Å². The Hall–Kier alpha value is -3.28. The molecule has 3 aromatic rings. The summed E-state index contributed by atoms with van der Waals surface area (Å²) in [5.41, 5.74) is 1.76. The third-order valence-corrected chi connectivity index (χ3v) is 3.44. The summed E-state index contributed by atoms with van der Waals surface area (Å²) in [5.74, 6) is -0.473. The lowest BCUT2D eigenvalue weighted by molar-refractivity contribution is 0.0690. The van der Waals surface area contributed by atoms with E-state index in [2.05, 4.69) is 15.0 Å². The molecule has 6 heteroatoms. The van der Waals surface area contributed by atoms with Crippen LogP contribution in [0.5, 0.6) is 0 Å². The Labute approximate surface area is 139 Å². The smallest absolute Gasteiger partial charge is 0.354 e. The van der Waals surface area contributed by atoms with Gasteiger partial charge in [-0.25, -0.2) is 9.78 Å². The molecule has 0 atom stereocenters. The van der Waals surface area contributed by atoms with Crippen LogP contribution in [0.4, 0.5) is 5.82 Å². The van der Waals surface area contributed by atoms with Crippen molar-refractivity contribution in [2.24, 2.45) is 0 Å². The van der Waals surface area contributed by atoms with Crippen molar-refractivity contribution in [2.45, 2.75) is 13.1 Å². The number of hydrogen-bond acceptors (Lipinski definition) is 5. The second-order valence-electron chi connectivity index (χ2n) is 5.18. The van der Waals surface area contributed by atoms with Gasteiger partial charge < -0.3 is 10.0 Å². The van der Waals surface area contributed by atoms with E-state index in [0.29, 0.717) is 18.9 Å². The van der Waals surface area contributed by atoms with Gasteiger partial charge in [0.1, 0.15) is 5.82 Å². The van der Waals surface area contributed by atoms with Crippen LogP contribution in [0.1, 0.15) is 21.9 Å². The molecule has 0 aliphatic heterocycles. The first-order valence-electron chi connectivity index (χ1n) is 7.47. The fourth-order valence-corrected chi connectivity index (χ4v) is 2.31. The van der Waals surface area contributed by atoms with E-state index in [4.69, 9.17) is 5.11 Å². The van der Waals surface area contributed by atoms with E-state index in [1.54, 1.807) is 24.5 Å². The Morgan fingerprint density at radius 3 is 2.00 bits per heavy atom. The number of carboxylic acids is 1. The van der Waals surface area contributed by atoms with Gasteiger partial charge in [0.15, 0.2) is 5.69 Å². The van der Waals surface area contributed by atoms with Gasteiger partial charge in [-0.3, -0.25) is 9.97 Å². The largest absolute Gasteiger partial charge is 0.477 e. The highest BCUT2D eigenvalue weighted by atomic mass is 16.4. The molecule has 0 saturated heterocycles. The maximum Gasteiger partial charge on any atom is 0.354 e. The van der Waals surface area contributed by atoms with Crippen molar-refractivity contribution < 1.29 is 9.90 Å². The summed E-state index contributed by atoms with van der Waals surface area (Å²) in [4.78, 5) is 26.1. The molecule has 0 radical (unpaired) electrons. The highest BCUT2D eigenvalue weighted by Gasteiger charge is 2.13. The van der Waals surface area contributed by atoms with Crippen LogP contribution in [0.25, 0.3) is 0 Å². The van der Waals surface area contributed by atoms with Crippen LogP contribution in [-0.2, 0) is 13.1 Å². The molecule has 0 bridgehead atoms. The molecule has 0 fully saturated rings. The lowest BCUT2D eigenvalue weighted by Gasteiger charge is -2.23. The zero-order valence-electron chi connectivity index (χ0n) is 12.9. The van der Waals surface area contributed by atoms with Gasteiger partial charge in [-0.15, -0.1) is 0 Å². The first-order chi connectivity index (χ1) is 11.7. The highest BCUT2D eigenvalue weighted by molar-refractivity contribution is 5.85. The number of hydrogen-bond donors (Lipinski definition) is 1. The molecular weight excluding hydrogens is 304 g/mol. The van der Waals surface area contributed by atoms with Gasteiger partial charge in [-0.05, 0) is 36.4 Å². The Bertz CT molecular complexity index is 768. The zero-order chi connectivity index (χ0) is 16.8. The van der Waals surface area contributed by atoms with Gasteiger partial charge in [0.05, 0.1) is 24.5 Å². The molecule has 0 aromatic carbocycles. The molecule has 3 aromatic heterocycles. The summed E-state index contributed by atoms with van der Waals surface area (Å²) < 4.78 is 0. The van der Waals surface area contributed by atoms with Crippen molar-refractivity contribution in [1.82, 2.24) is 15.0 Å². The van der Waals surface area contributed by atoms with Crippen molar-refractivity contribution in [3.8, 4) is 0 Å². The summed E-state index contributed by atoms with van der Waals surface area (Å²) in [5, 5.41) is 9.16. The number of pyridine rings is 3. The molecule has 1 N–H and O–H groups in total. The van der Waals surface area contributed by atoms with E-state index in [9.17, 15) is 4.79 Å². The predicted octanol–water partition coefficient (Wildman–Crippen LogP) is 2.78.